The van der Waals surface area contributed by atoms with Crippen LogP contribution in [-0.4, -0.2) is 67.8 Å². The summed E-state index contributed by atoms with van der Waals surface area (Å²) in [7, 11) is -3.51. The maximum Gasteiger partial charge on any atom is 0.243 e. The van der Waals surface area contributed by atoms with Crippen molar-refractivity contribution in [1.29, 1.82) is 0 Å². The fourth-order valence-electron chi connectivity index (χ4n) is 4.28. The first-order chi connectivity index (χ1) is 14.4. The van der Waals surface area contributed by atoms with Crippen LogP contribution in [0, 0.1) is 5.41 Å². The molecule has 0 atom stereocenters. The molecule has 0 unspecified atom stereocenters. The predicted octanol–water partition coefficient (Wildman–Crippen LogP) is 2.22. The summed E-state index contributed by atoms with van der Waals surface area (Å²) in [5.74, 6) is 0.147. The van der Waals surface area contributed by atoms with E-state index < -0.39 is 15.4 Å². The summed E-state index contributed by atoms with van der Waals surface area (Å²) < 4.78 is 27.1. The molecular formula is C22H28N4O3S. The number of sulfonamides is 1. The van der Waals surface area contributed by atoms with Gasteiger partial charge in [0.1, 0.15) is 0 Å². The number of amides is 1. The van der Waals surface area contributed by atoms with Gasteiger partial charge in [-0.1, -0.05) is 25.1 Å². The molecule has 7 nitrogen and oxygen atoms in total. The first-order valence-corrected chi connectivity index (χ1v) is 11.8. The van der Waals surface area contributed by atoms with E-state index in [0.29, 0.717) is 31.1 Å². The smallest absolute Gasteiger partial charge is 0.243 e. The van der Waals surface area contributed by atoms with Crippen LogP contribution in [0.5, 0.6) is 0 Å². The van der Waals surface area contributed by atoms with Gasteiger partial charge in [0.25, 0.3) is 0 Å². The molecule has 3 heterocycles. The van der Waals surface area contributed by atoms with Crippen LogP contribution in [0.25, 0.3) is 0 Å². The van der Waals surface area contributed by atoms with Gasteiger partial charge in [0.15, 0.2) is 0 Å². The summed E-state index contributed by atoms with van der Waals surface area (Å²) in [5, 5.41) is 0. The molecule has 1 aromatic carbocycles. The quantitative estimate of drug-likeness (QED) is 0.747. The number of hydrogen-bond donors (Lipinski definition) is 0. The summed E-state index contributed by atoms with van der Waals surface area (Å²) >= 11 is 0. The Balaban J connectivity index is 1.35. The van der Waals surface area contributed by atoms with Crippen LogP contribution in [0.2, 0.25) is 0 Å². The van der Waals surface area contributed by atoms with Gasteiger partial charge in [-0.3, -0.25) is 9.78 Å². The van der Waals surface area contributed by atoms with Gasteiger partial charge < -0.3 is 9.80 Å². The number of carbonyl (C=O) groups excluding carboxylic acids is 1. The van der Waals surface area contributed by atoms with Crippen molar-refractivity contribution in [1.82, 2.24) is 14.2 Å². The molecule has 2 saturated heterocycles. The SMILES string of the molecule is CC1(C(=O)N2CCN(S(=O)(=O)c3ccccc3)CC2)CCN(c2ccncc2)CC1. The average Bonchev–Trinajstić information content (AvgIpc) is 2.80. The summed E-state index contributed by atoms with van der Waals surface area (Å²) in [4.78, 5) is 21.8. The number of benzene rings is 1. The van der Waals surface area contributed by atoms with E-state index in [0.717, 1.165) is 31.6 Å². The van der Waals surface area contributed by atoms with E-state index in [4.69, 9.17) is 0 Å². The number of nitrogens with zero attached hydrogens (tertiary/aromatic N) is 4. The highest BCUT2D eigenvalue weighted by Gasteiger charge is 2.41. The second-order valence-electron chi connectivity index (χ2n) is 8.26. The minimum Gasteiger partial charge on any atom is -0.371 e. The lowest BCUT2D eigenvalue weighted by atomic mass is 9.78. The molecule has 1 aromatic heterocycles. The average molecular weight is 429 g/mol. The van der Waals surface area contributed by atoms with Crippen LogP contribution in [-0.2, 0) is 14.8 Å². The number of hydrogen-bond acceptors (Lipinski definition) is 5. The fraction of sp³-hybridized carbons (Fsp3) is 0.455. The number of piperazine rings is 1. The molecular weight excluding hydrogens is 400 g/mol. The third-order valence-electron chi connectivity index (χ3n) is 6.32. The Morgan fingerprint density at radius 1 is 0.900 bits per heavy atom. The molecule has 160 valence electrons. The maximum atomic E-state index is 13.3. The zero-order valence-corrected chi connectivity index (χ0v) is 18.1. The molecule has 0 aliphatic carbocycles. The largest absolute Gasteiger partial charge is 0.371 e. The van der Waals surface area contributed by atoms with Crippen LogP contribution in [0.15, 0.2) is 59.8 Å². The first kappa shape index (κ1) is 20.8. The van der Waals surface area contributed by atoms with Gasteiger partial charge in [-0.15, -0.1) is 0 Å². The van der Waals surface area contributed by atoms with Crippen LogP contribution in [0.1, 0.15) is 19.8 Å². The summed E-state index contributed by atoms with van der Waals surface area (Å²) in [6.07, 6.45) is 5.15. The molecule has 30 heavy (non-hydrogen) atoms. The molecule has 2 aromatic rings. The van der Waals surface area contributed by atoms with E-state index in [1.807, 2.05) is 24.0 Å². The van der Waals surface area contributed by atoms with Crippen molar-refractivity contribution in [2.45, 2.75) is 24.7 Å². The van der Waals surface area contributed by atoms with E-state index in [1.165, 1.54) is 4.31 Å². The van der Waals surface area contributed by atoms with Gasteiger partial charge in [0, 0.05) is 62.8 Å². The van der Waals surface area contributed by atoms with Crippen molar-refractivity contribution in [2.75, 3.05) is 44.2 Å². The molecule has 8 heteroatoms. The molecule has 0 radical (unpaired) electrons. The summed E-state index contributed by atoms with van der Waals surface area (Å²) in [6, 6.07) is 12.5. The van der Waals surface area contributed by atoms with E-state index in [2.05, 4.69) is 9.88 Å². The lowest BCUT2D eigenvalue weighted by Gasteiger charge is -2.43. The van der Waals surface area contributed by atoms with Gasteiger partial charge in [-0.05, 0) is 37.1 Å². The molecule has 0 bridgehead atoms. The van der Waals surface area contributed by atoms with Crippen LogP contribution < -0.4 is 4.90 Å². The van der Waals surface area contributed by atoms with Crippen LogP contribution >= 0.6 is 0 Å². The summed E-state index contributed by atoms with van der Waals surface area (Å²) in [5.41, 5.74) is 0.739. The number of piperidine rings is 1. The van der Waals surface area contributed by atoms with Gasteiger partial charge >= 0.3 is 0 Å². The number of anilines is 1. The Kier molecular flexibility index (Phi) is 5.79. The Hall–Kier alpha value is -2.45. The third kappa shape index (κ3) is 4.06. The van der Waals surface area contributed by atoms with E-state index in [9.17, 15) is 13.2 Å². The molecule has 0 spiro atoms. The van der Waals surface area contributed by atoms with Crippen molar-refractivity contribution in [3.05, 3.63) is 54.9 Å². The van der Waals surface area contributed by atoms with E-state index in [-0.39, 0.29) is 5.91 Å². The minimum absolute atomic E-state index is 0.147. The number of carbonyl (C=O) groups is 1. The Morgan fingerprint density at radius 2 is 1.50 bits per heavy atom. The van der Waals surface area contributed by atoms with Gasteiger partial charge in [-0.2, -0.15) is 4.31 Å². The zero-order valence-electron chi connectivity index (χ0n) is 17.3. The lowest BCUT2D eigenvalue weighted by molar-refractivity contribution is -0.143. The number of rotatable bonds is 4. The summed E-state index contributed by atoms with van der Waals surface area (Å²) in [6.45, 7) is 5.25. The minimum atomic E-state index is -3.51. The Bertz CT molecular complexity index is 966. The second kappa shape index (κ2) is 8.35. The lowest BCUT2D eigenvalue weighted by Crippen LogP contribution is -2.55. The normalized spacial score (nSPS) is 20.2. The first-order valence-electron chi connectivity index (χ1n) is 10.4. The highest BCUT2D eigenvalue weighted by atomic mass is 32.2. The molecule has 2 aliphatic heterocycles. The predicted molar refractivity (Wildman–Crippen MR) is 116 cm³/mol. The third-order valence-corrected chi connectivity index (χ3v) is 8.23. The van der Waals surface area contributed by atoms with Gasteiger partial charge in [0.2, 0.25) is 15.9 Å². The van der Waals surface area contributed by atoms with Crippen molar-refractivity contribution in [2.24, 2.45) is 5.41 Å². The highest BCUT2D eigenvalue weighted by Crippen LogP contribution is 2.35. The molecule has 0 N–H and O–H groups in total. The van der Waals surface area contributed by atoms with Gasteiger partial charge in [0.05, 0.1) is 4.90 Å². The van der Waals surface area contributed by atoms with Crippen LogP contribution in [0.4, 0.5) is 5.69 Å². The second-order valence-corrected chi connectivity index (χ2v) is 10.2. The Morgan fingerprint density at radius 3 is 2.10 bits per heavy atom. The number of pyridine rings is 1. The topological polar surface area (TPSA) is 73.8 Å². The van der Waals surface area contributed by atoms with Gasteiger partial charge in [-0.25, -0.2) is 8.42 Å². The van der Waals surface area contributed by atoms with Crippen molar-refractivity contribution in [3.63, 3.8) is 0 Å². The molecule has 1 amide bonds. The van der Waals surface area contributed by atoms with Crippen molar-refractivity contribution < 1.29 is 13.2 Å². The highest BCUT2D eigenvalue weighted by molar-refractivity contribution is 7.89. The molecule has 4 rings (SSSR count). The van der Waals surface area contributed by atoms with Crippen molar-refractivity contribution in [3.8, 4) is 0 Å². The van der Waals surface area contributed by atoms with E-state index >= 15 is 0 Å². The monoisotopic (exact) mass is 428 g/mol. The molecule has 2 fully saturated rings. The Labute approximate surface area is 178 Å². The molecule has 2 aliphatic rings. The fourth-order valence-corrected chi connectivity index (χ4v) is 5.73. The van der Waals surface area contributed by atoms with Crippen molar-refractivity contribution >= 4 is 21.6 Å². The maximum absolute atomic E-state index is 13.3. The van der Waals surface area contributed by atoms with E-state index in [1.54, 1.807) is 42.7 Å². The standard InChI is InChI=1S/C22H28N4O3S/c1-22(9-13-24(14-10-22)19-7-11-23-12-8-19)21(27)25-15-17-26(18-16-25)30(28,29)20-5-3-2-4-6-20/h2-8,11-12H,9-10,13-18H2,1H3. The molecule has 0 saturated carbocycles. The van der Waals surface area contributed by atoms with Crippen LogP contribution in [0.3, 0.4) is 0 Å². The number of aromatic nitrogens is 1. The zero-order chi connectivity index (χ0) is 21.2.